The summed E-state index contributed by atoms with van der Waals surface area (Å²) in [4.78, 5) is 12.0. The van der Waals surface area contributed by atoms with Crippen LogP contribution in [-0.2, 0) is 6.54 Å². The highest BCUT2D eigenvalue weighted by molar-refractivity contribution is 5.96. The number of para-hydroxylation sites is 1. The Morgan fingerprint density at radius 1 is 1.27 bits per heavy atom. The quantitative estimate of drug-likeness (QED) is 0.891. The molecule has 0 bridgehead atoms. The molecule has 2 rings (SSSR count). The molecular weight excluding hydrogens is 292 g/mol. The second-order valence-corrected chi connectivity index (χ2v) is 4.69. The zero-order valence-electron chi connectivity index (χ0n) is 11.8. The average Bonchev–Trinajstić information content (AvgIpc) is 2.45. The molecule has 0 heterocycles. The van der Waals surface area contributed by atoms with Gasteiger partial charge in [0.05, 0.1) is 5.56 Å². The summed E-state index contributed by atoms with van der Waals surface area (Å²) in [6.45, 7) is -1.13. The number of nitrogens with one attached hydrogen (secondary N) is 1. The van der Waals surface area contributed by atoms with Crippen LogP contribution in [0.1, 0.15) is 21.5 Å². The lowest BCUT2D eigenvalue weighted by Gasteiger charge is -2.12. The summed E-state index contributed by atoms with van der Waals surface area (Å²) in [6.07, 6.45) is 0. The van der Waals surface area contributed by atoms with Crippen LogP contribution >= 0.6 is 0 Å². The Labute approximate surface area is 126 Å². The van der Waals surface area contributed by atoms with Crippen molar-refractivity contribution in [2.45, 2.75) is 20.1 Å². The first-order chi connectivity index (χ1) is 10.5. The van der Waals surface area contributed by atoms with Crippen LogP contribution in [0.25, 0.3) is 0 Å². The number of hydrogen-bond acceptors (Lipinski definition) is 3. The Bertz CT molecular complexity index is 674. The Morgan fingerprint density at radius 3 is 2.68 bits per heavy atom. The number of carbonyl (C=O) groups excluding carboxylic acids is 1. The van der Waals surface area contributed by atoms with Crippen molar-refractivity contribution in [2.24, 2.45) is 0 Å². The number of carbonyl (C=O) groups is 1. The largest absolute Gasteiger partial charge is 0.507 e. The number of rotatable bonds is 5. The maximum Gasteiger partial charge on any atom is 0.387 e. The highest BCUT2D eigenvalue weighted by atomic mass is 19.3. The molecule has 2 N–H and O–H groups in total. The zero-order valence-corrected chi connectivity index (χ0v) is 11.8. The summed E-state index contributed by atoms with van der Waals surface area (Å²) in [5.41, 5.74) is 1.37. The predicted molar refractivity (Wildman–Crippen MR) is 77.1 cm³/mol. The van der Waals surface area contributed by atoms with Gasteiger partial charge in [-0.3, -0.25) is 4.79 Å². The molecule has 0 unspecified atom stereocenters. The topological polar surface area (TPSA) is 58.6 Å². The summed E-state index contributed by atoms with van der Waals surface area (Å²) >= 11 is 0. The Hall–Kier alpha value is -2.63. The van der Waals surface area contributed by atoms with E-state index in [1.807, 2.05) is 0 Å². The van der Waals surface area contributed by atoms with E-state index in [4.69, 9.17) is 0 Å². The number of alkyl halides is 2. The van der Waals surface area contributed by atoms with Crippen molar-refractivity contribution in [1.82, 2.24) is 5.32 Å². The lowest BCUT2D eigenvalue weighted by Crippen LogP contribution is -2.23. The van der Waals surface area contributed by atoms with Crippen molar-refractivity contribution in [3.8, 4) is 11.5 Å². The van der Waals surface area contributed by atoms with E-state index < -0.39 is 12.5 Å². The fraction of sp³-hybridized carbons (Fsp3) is 0.188. The Balaban J connectivity index is 2.08. The van der Waals surface area contributed by atoms with E-state index in [2.05, 4.69) is 10.1 Å². The lowest BCUT2D eigenvalue weighted by atomic mass is 10.1. The van der Waals surface area contributed by atoms with Gasteiger partial charge in [0.25, 0.3) is 5.91 Å². The SMILES string of the molecule is Cc1ccc(C(=O)NCc2ccccc2OC(F)F)c(O)c1. The van der Waals surface area contributed by atoms with Crippen LogP contribution in [0.2, 0.25) is 0 Å². The van der Waals surface area contributed by atoms with Crippen LogP contribution in [-0.4, -0.2) is 17.6 Å². The van der Waals surface area contributed by atoms with Gasteiger partial charge in [0.2, 0.25) is 0 Å². The normalized spacial score (nSPS) is 10.5. The summed E-state index contributed by atoms with van der Waals surface area (Å²) in [7, 11) is 0. The van der Waals surface area contributed by atoms with Gasteiger partial charge in [-0.1, -0.05) is 24.3 Å². The van der Waals surface area contributed by atoms with Crippen LogP contribution in [0.5, 0.6) is 11.5 Å². The van der Waals surface area contributed by atoms with Crippen LogP contribution in [0.4, 0.5) is 8.78 Å². The van der Waals surface area contributed by atoms with Crippen LogP contribution in [0.15, 0.2) is 42.5 Å². The number of halogens is 2. The van der Waals surface area contributed by atoms with Gasteiger partial charge in [-0.05, 0) is 30.7 Å². The second kappa shape index (κ2) is 6.89. The van der Waals surface area contributed by atoms with Gasteiger partial charge in [0.15, 0.2) is 0 Å². The summed E-state index contributed by atoms with van der Waals surface area (Å²) in [6, 6.07) is 10.9. The van der Waals surface area contributed by atoms with Crippen LogP contribution in [0, 0.1) is 6.92 Å². The number of amides is 1. The van der Waals surface area contributed by atoms with Crippen LogP contribution in [0.3, 0.4) is 0 Å². The Kier molecular flexibility index (Phi) is 4.93. The molecule has 116 valence electrons. The molecule has 0 radical (unpaired) electrons. The molecule has 0 saturated heterocycles. The van der Waals surface area contributed by atoms with Gasteiger partial charge in [0, 0.05) is 12.1 Å². The predicted octanol–water partition coefficient (Wildman–Crippen LogP) is 3.23. The van der Waals surface area contributed by atoms with E-state index in [0.717, 1.165) is 5.56 Å². The van der Waals surface area contributed by atoms with Gasteiger partial charge in [0.1, 0.15) is 11.5 Å². The summed E-state index contributed by atoms with van der Waals surface area (Å²) in [5, 5.41) is 12.3. The van der Waals surface area contributed by atoms with E-state index >= 15 is 0 Å². The highest BCUT2D eigenvalue weighted by Gasteiger charge is 2.13. The minimum Gasteiger partial charge on any atom is -0.507 e. The van der Waals surface area contributed by atoms with E-state index in [1.165, 1.54) is 18.2 Å². The third-order valence-electron chi connectivity index (χ3n) is 3.03. The van der Waals surface area contributed by atoms with Crippen molar-refractivity contribution < 1.29 is 23.4 Å². The fourth-order valence-electron chi connectivity index (χ4n) is 1.97. The molecule has 0 aliphatic carbocycles. The monoisotopic (exact) mass is 307 g/mol. The number of benzene rings is 2. The van der Waals surface area contributed by atoms with Crippen LogP contribution < -0.4 is 10.1 Å². The highest BCUT2D eigenvalue weighted by Crippen LogP contribution is 2.21. The third kappa shape index (κ3) is 3.94. The van der Waals surface area contributed by atoms with Crippen molar-refractivity contribution in [3.05, 3.63) is 59.2 Å². The second-order valence-electron chi connectivity index (χ2n) is 4.69. The summed E-state index contributed by atoms with van der Waals surface area (Å²) in [5.74, 6) is -0.620. The number of ether oxygens (including phenoxy) is 1. The van der Waals surface area contributed by atoms with E-state index in [1.54, 1.807) is 31.2 Å². The maximum absolute atomic E-state index is 12.3. The average molecular weight is 307 g/mol. The molecule has 0 saturated carbocycles. The van der Waals surface area contributed by atoms with E-state index in [0.29, 0.717) is 5.56 Å². The van der Waals surface area contributed by atoms with Crippen molar-refractivity contribution in [3.63, 3.8) is 0 Å². The number of phenols is 1. The standard InChI is InChI=1S/C16H15F2NO3/c1-10-6-7-12(13(20)8-10)15(21)19-9-11-4-2-3-5-14(11)22-16(17)18/h2-8,16,20H,9H2,1H3,(H,19,21). The number of aromatic hydroxyl groups is 1. The number of aryl methyl sites for hydroxylation is 1. The zero-order chi connectivity index (χ0) is 16.1. The maximum atomic E-state index is 12.3. The fourth-order valence-corrected chi connectivity index (χ4v) is 1.97. The van der Waals surface area contributed by atoms with E-state index in [9.17, 15) is 18.7 Å². The molecule has 0 aliphatic heterocycles. The molecule has 0 fully saturated rings. The van der Waals surface area contributed by atoms with Gasteiger partial charge in [-0.15, -0.1) is 0 Å². The molecule has 4 nitrogen and oxygen atoms in total. The number of phenolic OH excluding ortho intramolecular Hbond substituents is 1. The first-order valence-electron chi connectivity index (χ1n) is 6.58. The number of hydrogen-bond donors (Lipinski definition) is 2. The van der Waals surface area contributed by atoms with Gasteiger partial charge < -0.3 is 15.2 Å². The lowest BCUT2D eigenvalue weighted by molar-refractivity contribution is -0.0504. The minimum absolute atomic E-state index is 0.00549. The third-order valence-corrected chi connectivity index (χ3v) is 3.03. The first kappa shape index (κ1) is 15.8. The molecule has 0 atom stereocenters. The molecular formula is C16H15F2NO3. The molecule has 0 aromatic heterocycles. The molecule has 6 heteroatoms. The van der Waals surface area contributed by atoms with E-state index in [-0.39, 0.29) is 23.6 Å². The van der Waals surface area contributed by atoms with Gasteiger partial charge in [-0.2, -0.15) is 8.78 Å². The molecule has 0 aliphatic rings. The molecule has 1 amide bonds. The minimum atomic E-state index is -2.93. The van der Waals surface area contributed by atoms with Crippen molar-refractivity contribution in [1.29, 1.82) is 0 Å². The van der Waals surface area contributed by atoms with Gasteiger partial charge in [-0.25, -0.2) is 0 Å². The molecule has 0 spiro atoms. The molecule has 2 aromatic carbocycles. The van der Waals surface area contributed by atoms with Gasteiger partial charge >= 0.3 is 6.61 Å². The molecule has 2 aromatic rings. The smallest absolute Gasteiger partial charge is 0.387 e. The Morgan fingerprint density at radius 2 is 2.00 bits per heavy atom. The van der Waals surface area contributed by atoms with Crippen molar-refractivity contribution in [2.75, 3.05) is 0 Å². The first-order valence-corrected chi connectivity index (χ1v) is 6.58. The molecule has 22 heavy (non-hydrogen) atoms. The van der Waals surface area contributed by atoms with Crippen molar-refractivity contribution >= 4 is 5.91 Å². The summed E-state index contributed by atoms with van der Waals surface area (Å²) < 4.78 is 29.0.